The Morgan fingerprint density at radius 1 is 1.53 bits per heavy atom. The molecule has 0 spiro atoms. The van der Waals surface area contributed by atoms with E-state index in [0.29, 0.717) is 18.5 Å². The monoisotopic (exact) mass is 236 g/mol. The number of furan rings is 1. The summed E-state index contributed by atoms with van der Waals surface area (Å²) in [5.41, 5.74) is 5.81. The second kappa shape index (κ2) is 5.23. The number of hydrogen-bond donors (Lipinski definition) is 2. The van der Waals surface area contributed by atoms with E-state index in [1.54, 1.807) is 0 Å². The fourth-order valence-corrected chi connectivity index (χ4v) is 2.20. The molecule has 0 radical (unpaired) electrons. The standard InChI is InChI=1S/C14H24N2O/c1-4-10(3)16-12(8-15)14-6-5-13(17-14)11-7-9(11)2/h5-6,9-12,16H,4,7-8,15H2,1-3H3. The first-order chi connectivity index (χ1) is 8.15. The van der Waals surface area contributed by atoms with E-state index < -0.39 is 0 Å². The maximum Gasteiger partial charge on any atom is 0.122 e. The van der Waals surface area contributed by atoms with Gasteiger partial charge in [-0.25, -0.2) is 0 Å². The third-order valence-corrected chi connectivity index (χ3v) is 3.80. The lowest BCUT2D eigenvalue weighted by Crippen LogP contribution is -2.34. The van der Waals surface area contributed by atoms with E-state index in [9.17, 15) is 0 Å². The molecule has 1 aliphatic rings. The summed E-state index contributed by atoms with van der Waals surface area (Å²) in [6.07, 6.45) is 2.36. The van der Waals surface area contributed by atoms with E-state index in [1.807, 2.05) is 0 Å². The van der Waals surface area contributed by atoms with Gasteiger partial charge < -0.3 is 15.5 Å². The van der Waals surface area contributed by atoms with Crippen molar-refractivity contribution in [3.63, 3.8) is 0 Å². The lowest BCUT2D eigenvalue weighted by atomic mass is 10.1. The van der Waals surface area contributed by atoms with Crippen LogP contribution in [0.2, 0.25) is 0 Å². The van der Waals surface area contributed by atoms with Crippen molar-refractivity contribution in [3.05, 3.63) is 23.7 Å². The zero-order valence-electron chi connectivity index (χ0n) is 11.1. The smallest absolute Gasteiger partial charge is 0.122 e. The minimum Gasteiger partial charge on any atom is -0.464 e. The molecule has 1 fully saturated rings. The molecule has 4 atom stereocenters. The predicted octanol–water partition coefficient (Wildman–Crippen LogP) is 2.79. The molecule has 3 nitrogen and oxygen atoms in total. The van der Waals surface area contributed by atoms with Gasteiger partial charge in [0.05, 0.1) is 6.04 Å². The Morgan fingerprint density at radius 2 is 2.24 bits per heavy atom. The van der Waals surface area contributed by atoms with E-state index in [1.165, 1.54) is 6.42 Å². The van der Waals surface area contributed by atoms with Gasteiger partial charge in [-0.15, -0.1) is 0 Å². The average molecular weight is 236 g/mol. The van der Waals surface area contributed by atoms with Gasteiger partial charge in [-0.1, -0.05) is 13.8 Å². The van der Waals surface area contributed by atoms with Gasteiger partial charge in [-0.3, -0.25) is 0 Å². The highest BCUT2D eigenvalue weighted by Gasteiger charge is 2.36. The molecule has 1 aromatic heterocycles. The van der Waals surface area contributed by atoms with Crippen LogP contribution in [-0.2, 0) is 0 Å². The van der Waals surface area contributed by atoms with Crippen molar-refractivity contribution in [3.8, 4) is 0 Å². The zero-order chi connectivity index (χ0) is 12.4. The fourth-order valence-electron chi connectivity index (χ4n) is 2.20. The zero-order valence-corrected chi connectivity index (χ0v) is 11.1. The largest absolute Gasteiger partial charge is 0.464 e. The van der Waals surface area contributed by atoms with E-state index in [2.05, 4.69) is 38.2 Å². The predicted molar refractivity (Wildman–Crippen MR) is 69.9 cm³/mol. The van der Waals surface area contributed by atoms with Gasteiger partial charge in [-0.05, 0) is 37.8 Å². The van der Waals surface area contributed by atoms with Crippen LogP contribution in [0.4, 0.5) is 0 Å². The molecule has 1 aromatic rings. The number of rotatable bonds is 6. The van der Waals surface area contributed by atoms with E-state index in [-0.39, 0.29) is 6.04 Å². The van der Waals surface area contributed by atoms with Crippen LogP contribution in [0, 0.1) is 5.92 Å². The van der Waals surface area contributed by atoms with Gasteiger partial charge in [-0.2, -0.15) is 0 Å². The van der Waals surface area contributed by atoms with Crippen molar-refractivity contribution in [1.82, 2.24) is 5.32 Å². The highest BCUT2D eigenvalue weighted by molar-refractivity contribution is 5.19. The van der Waals surface area contributed by atoms with Crippen molar-refractivity contribution in [2.75, 3.05) is 6.54 Å². The second-order valence-electron chi connectivity index (χ2n) is 5.32. The summed E-state index contributed by atoms with van der Waals surface area (Å²) in [4.78, 5) is 0. The van der Waals surface area contributed by atoms with E-state index >= 15 is 0 Å². The molecule has 96 valence electrons. The van der Waals surface area contributed by atoms with Gasteiger partial charge in [0.25, 0.3) is 0 Å². The maximum atomic E-state index is 5.93. The van der Waals surface area contributed by atoms with Gasteiger partial charge in [0.2, 0.25) is 0 Å². The quantitative estimate of drug-likeness (QED) is 0.798. The Labute approximate surface area is 104 Å². The minimum absolute atomic E-state index is 0.146. The third kappa shape index (κ3) is 2.90. The molecule has 0 amide bonds. The van der Waals surface area contributed by atoms with E-state index in [0.717, 1.165) is 23.9 Å². The lowest BCUT2D eigenvalue weighted by molar-refractivity contribution is 0.366. The molecule has 3 N–H and O–H groups in total. The molecule has 0 aliphatic heterocycles. The highest BCUT2D eigenvalue weighted by atomic mass is 16.3. The molecule has 17 heavy (non-hydrogen) atoms. The molecule has 3 heteroatoms. The summed E-state index contributed by atoms with van der Waals surface area (Å²) in [6, 6.07) is 4.81. The van der Waals surface area contributed by atoms with Crippen LogP contribution in [-0.4, -0.2) is 12.6 Å². The van der Waals surface area contributed by atoms with Crippen molar-refractivity contribution in [2.45, 2.75) is 51.6 Å². The van der Waals surface area contributed by atoms with Gasteiger partial charge in [0.15, 0.2) is 0 Å². The minimum atomic E-state index is 0.146. The molecule has 4 unspecified atom stereocenters. The van der Waals surface area contributed by atoms with Crippen LogP contribution in [0.25, 0.3) is 0 Å². The van der Waals surface area contributed by atoms with Gasteiger partial charge in [0.1, 0.15) is 11.5 Å². The summed E-state index contributed by atoms with van der Waals surface area (Å²) in [5.74, 6) is 3.55. The SMILES string of the molecule is CCC(C)NC(CN)c1ccc(C2CC2C)o1. The van der Waals surface area contributed by atoms with Crippen LogP contribution in [0.3, 0.4) is 0 Å². The second-order valence-corrected chi connectivity index (χ2v) is 5.32. The first-order valence-electron chi connectivity index (χ1n) is 6.71. The molecule has 2 rings (SSSR count). The van der Waals surface area contributed by atoms with Crippen LogP contribution < -0.4 is 11.1 Å². The van der Waals surface area contributed by atoms with Crippen LogP contribution in [0.1, 0.15) is 57.1 Å². The van der Waals surface area contributed by atoms with Crippen molar-refractivity contribution in [1.29, 1.82) is 0 Å². The molecule has 1 heterocycles. The van der Waals surface area contributed by atoms with Crippen LogP contribution in [0.15, 0.2) is 16.5 Å². The lowest BCUT2D eigenvalue weighted by Gasteiger charge is -2.19. The Hall–Kier alpha value is -0.800. The normalized spacial score (nSPS) is 26.8. The molecule has 1 saturated carbocycles. The molecule has 0 aromatic carbocycles. The van der Waals surface area contributed by atoms with Gasteiger partial charge >= 0.3 is 0 Å². The Balaban J connectivity index is 2.01. The summed E-state index contributed by atoms with van der Waals surface area (Å²) in [7, 11) is 0. The average Bonchev–Trinajstić information content (AvgIpc) is 2.88. The summed E-state index contributed by atoms with van der Waals surface area (Å²) >= 11 is 0. The van der Waals surface area contributed by atoms with Gasteiger partial charge in [0, 0.05) is 18.5 Å². The van der Waals surface area contributed by atoms with Crippen LogP contribution >= 0.6 is 0 Å². The third-order valence-electron chi connectivity index (χ3n) is 3.80. The highest BCUT2D eigenvalue weighted by Crippen LogP contribution is 2.47. The number of hydrogen-bond acceptors (Lipinski definition) is 3. The first kappa shape index (κ1) is 12.7. The first-order valence-corrected chi connectivity index (χ1v) is 6.71. The Morgan fingerprint density at radius 3 is 2.76 bits per heavy atom. The topological polar surface area (TPSA) is 51.2 Å². The molecular weight excluding hydrogens is 212 g/mol. The molecule has 1 aliphatic carbocycles. The molecule has 0 bridgehead atoms. The van der Waals surface area contributed by atoms with Crippen molar-refractivity contribution < 1.29 is 4.42 Å². The summed E-state index contributed by atoms with van der Waals surface area (Å²) in [6.45, 7) is 7.20. The summed E-state index contributed by atoms with van der Waals surface area (Å²) in [5, 5.41) is 3.50. The van der Waals surface area contributed by atoms with Crippen LogP contribution in [0.5, 0.6) is 0 Å². The van der Waals surface area contributed by atoms with Crippen molar-refractivity contribution in [2.24, 2.45) is 11.7 Å². The number of nitrogens with one attached hydrogen (secondary N) is 1. The molecule has 0 saturated heterocycles. The van der Waals surface area contributed by atoms with E-state index in [4.69, 9.17) is 10.2 Å². The maximum absolute atomic E-state index is 5.93. The Bertz CT molecular complexity index is 361. The summed E-state index contributed by atoms with van der Waals surface area (Å²) < 4.78 is 5.93. The van der Waals surface area contributed by atoms with Crippen molar-refractivity contribution >= 4 is 0 Å². The Kier molecular flexibility index (Phi) is 3.89. The number of nitrogens with two attached hydrogens (primary N) is 1. The fraction of sp³-hybridized carbons (Fsp3) is 0.714. The molecular formula is C14H24N2O.